The van der Waals surface area contributed by atoms with Crippen molar-refractivity contribution in [1.82, 2.24) is 15.1 Å². The SMILES string of the molecule is Cc1cccc(CN2CCN(C(=O)NCC3CCN(c4ccccc4)C3)CC2)c1. The molecular formula is C24H32N4O. The zero-order valence-corrected chi connectivity index (χ0v) is 17.4. The molecule has 5 nitrogen and oxygen atoms in total. The van der Waals surface area contributed by atoms with Gasteiger partial charge in [0.2, 0.25) is 0 Å². The number of piperazine rings is 1. The summed E-state index contributed by atoms with van der Waals surface area (Å²) in [5, 5.41) is 3.18. The van der Waals surface area contributed by atoms with Gasteiger partial charge in [-0.15, -0.1) is 0 Å². The number of nitrogens with one attached hydrogen (secondary N) is 1. The third-order valence-corrected chi connectivity index (χ3v) is 6.10. The zero-order valence-electron chi connectivity index (χ0n) is 17.4. The van der Waals surface area contributed by atoms with Crippen molar-refractivity contribution < 1.29 is 4.79 Å². The molecule has 4 rings (SSSR count). The van der Waals surface area contributed by atoms with E-state index in [9.17, 15) is 4.79 Å². The number of carbonyl (C=O) groups is 1. The maximum Gasteiger partial charge on any atom is 0.317 e. The predicted molar refractivity (Wildman–Crippen MR) is 118 cm³/mol. The van der Waals surface area contributed by atoms with Crippen LogP contribution in [0.3, 0.4) is 0 Å². The molecule has 0 spiro atoms. The molecule has 0 bridgehead atoms. The van der Waals surface area contributed by atoms with Crippen molar-refractivity contribution in [3.05, 3.63) is 65.7 Å². The number of urea groups is 1. The first-order chi connectivity index (χ1) is 14.2. The Balaban J connectivity index is 1.18. The number of anilines is 1. The molecule has 1 atom stereocenters. The van der Waals surface area contributed by atoms with E-state index in [1.165, 1.54) is 16.8 Å². The minimum absolute atomic E-state index is 0.0957. The summed E-state index contributed by atoms with van der Waals surface area (Å²) < 4.78 is 0. The Morgan fingerprint density at radius 2 is 1.79 bits per heavy atom. The maximum atomic E-state index is 12.6. The van der Waals surface area contributed by atoms with Gasteiger partial charge in [0, 0.05) is 58.0 Å². The Kier molecular flexibility index (Phi) is 6.35. The minimum atomic E-state index is 0.0957. The Hall–Kier alpha value is -2.53. The number of nitrogens with zero attached hydrogens (tertiary/aromatic N) is 3. The summed E-state index contributed by atoms with van der Waals surface area (Å²) in [5.41, 5.74) is 3.94. The molecule has 5 heteroatoms. The van der Waals surface area contributed by atoms with Gasteiger partial charge in [0.25, 0.3) is 0 Å². The summed E-state index contributed by atoms with van der Waals surface area (Å²) in [7, 11) is 0. The van der Waals surface area contributed by atoms with Crippen LogP contribution in [-0.2, 0) is 6.54 Å². The number of benzene rings is 2. The molecule has 154 valence electrons. The highest BCUT2D eigenvalue weighted by atomic mass is 16.2. The molecule has 0 aromatic heterocycles. The van der Waals surface area contributed by atoms with Crippen molar-refractivity contribution in [3.63, 3.8) is 0 Å². The average molecular weight is 393 g/mol. The van der Waals surface area contributed by atoms with E-state index in [4.69, 9.17) is 0 Å². The Bertz CT molecular complexity index is 802. The molecule has 1 N–H and O–H groups in total. The van der Waals surface area contributed by atoms with Crippen LogP contribution in [0.5, 0.6) is 0 Å². The normalized spacial score (nSPS) is 20.1. The van der Waals surface area contributed by atoms with Gasteiger partial charge in [-0.25, -0.2) is 4.79 Å². The molecule has 2 saturated heterocycles. The molecule has 2 heterocycles. The molecule has 2 amide bonds. The van der Waals surface area contributed by atoms with E-state index in [0.29, 0.717) is 5.92 Å². The number of amides is 2. The van der Waals surface area contributed by atoms with Crippen molar-refractivity contribution in [3.8, 4) is 0 Å². The third-order valence-electron chi connectivity index (χ3n) is 6.10. The van der Waals surface area contributed by atoms with Crippen LogP contribution in [0.15, 0.2) is 54.6 Å². The first-order valence-electron chi connectivity index (χ1n) is 10.8. The van der Waals surface area contributed by atoms with Crippen LogP contribution < -0.4 is 10.2 Å². The highest BCUT2D eigenvalue weighted by molar-refractivity contribution is 5.74. The van der Waals surface area contributed by atoms with Crippen LogP contribution in [0, 0.1) is 12.8 Å². The predicted octanol–water partition coefficient (Wildman–Crippen LogP) is 3.35. The lowest BCUT2D eigenvalue weighted by atomic mass is 10.1. The van der Waals surface area contributed by atoms with Gasteiger partial charge in [0.1, 0.15) is 0 Å². The molecular weight excluding hydrogens is 360 g/mol. The minimum Gasteiger partial charge on any atom is -0.371 e. The molecule has 2 aliphatic heterocycles. The first kappa shape index (κ1) is 19.8. The van der Waals surface area contributed by atoms with Gasteiger partial charge in [-0.05, 0) is 37.0 Å². The standard InChI is InChI=1S/C24H32N4O/c1-20-6-5-7-21(16-20)18-26-12-14-27(15-13-26)24(29)25-17-22-10-11-28(19-22)23-8-3-2-4-9-23/h2-9,16,22H,10-15,17-19H2,1H3,(H,25,29). The van der Waals surface area contributed by atoms with E-state index in [0.717, 1.165) is 58.8 Å². The van der Waals surface area contributed by atoms with Gasteiger partial charge in [-0.1, -0.05) is 48.0 Å². The molecule has 0 saturated carbocycles. The summed E-state index contributed by atoms with van der Waals surface area (Å²) in [6.07, 6.45) is 1.14. The van der Waals surface area contributed by atoms with Gasteiger partial charge in [0.05, 0.1) is 0 Å². The lowest BCUT2D eigenvalue weighted by Crippen LogP contribution is -2.52. The summed E-state index contributed by atoms with van der Waals surface area (Å²) in [6, 6.07) is 19.3. The maximum absolute atomic E-state index is 12.6. The molecule has 29 heavy (non-hydrogen) atoms. The monoisotopic (exact) mass is 392 g/mol. The molecule has 2 aromatic carbocycles. The summed E-state index contributed by atoms with van der Waals surface area (Å²) in [6.45, 7) is 9.45. The van der Waals surface area contributed by atoms with Crippen LogP contribution in [0.2, 0.25) is 0 Å². The highest BCUT2D eigenvalue weighted by Crippen LogP contribution is 2.23. The number of aryl methyl sites for hydroxylation is 1. The molecule has 1 unspecified atom stereocenters. The van der Waals surface area contributed by atoms with E-state index >= 15 is 0 Å². The average Bonchev–Trinajstić information content (AvgIpc) is 3.22. The van der Waals surface area contributed by atoms with Crippen LogP contribution in [-0.4, -0.2) is 61.6 Å². The fraction of sp³-hybridized carbons (Fsp3) is 0.458. The van der Waals surface area contributed by atoms with Crippen LogP contribution in [0.25, 0.3) is 0 Å². The van der Waals surface area contributed by atoms with Crippen LogP contribution in [0.4, 0.5) is 10.5 Å². The van der Waals surface area contributed by atoms with E-state index in [-0.39, 0.29) is 6.03 Å². The third kappa shape index (κ3) is 5.30. The van der Waals surface area contributed by atoms with Gasteiger partial charge in [0.15, 0.2) is 0 Å². The van der Waals surface area contributed by atoms with Gasteiger partial charge >= 0.3 is 6.03 Å². The Morgan fingerprint density at radius 1 is 1.00 bits per heavy atom. The number of rotatable bonds is 5. The highest BCUT2D eigenvalue weighted by Gasteiger charge is 2.25. The second kappa shape index (κ2) is 9.31. The quantitative estimate of drug-likeness (QED) is 0.848. The molecule has 2 aromatic rings. The molecule has 0 radical (unpaired) electrons. The van der Waals surface area contributed by atoms with Crippen molar-refractivity contribution in [1.29, 1.82) is 0 Å². The first-order valence-corrected chi connectivity index (χ1v) is 10.8. The van der Waals surface area contributed by atoms with Crippen molar-refractivity contribution >= 4 is 11.7 Å². The number of hydrogen-bond acceptors (Lipinski definition) is 3. The van der Waals surface area contributed by atoms with Gasteiger partial charge in [-0.3, -0.25) is 4.90 Å². The fourth-order valence-electron chi connectivity index (χ4n) is 4.39. The van der Waals surface area contributed by atoms with Gasteiger partial charge in [-0.2, -0.15) is 0 Å². The zero-order chi connectivity index (χ0) is 20.1. The van der Waals surface area contributed by atoms with E-state index in [2.05, 4.69) is 76.6 Å². The fourth-order valence-corrected chi connectivity index (χ4v) is 4.39. The van der Waals surface area contributed by atoms with Crippen LogP contribution in [0.1, 0.15) is 17.5 Å². The van der Waals surface area contributed by atoms with E-state index in [1.54, 1.807) is 0 Å². The largest absolute Gasteiger partial charge is 0.371 e. The molecule has 2 aliphatic rings. The van der Waals surface area contributed by atoms with Gasteiger partial charge < -0.3 is 15.1 Å². The molecule has 0 aliphatic carbocycles. The topological polar surface area (TPSA) is 38.8 Å². The summed E-state index contributed by atoms with van der Waals surface area (Å²) >= 11 is 0. The lowest BCUT2D eigenvalue weighted by Gasteiger charge is -2.35. The van der Waals surface area contributed by atoms with Crippen molar-refractivity contribution in [2.45, 2.75) is 19.9 Å². The number of hydrogen-bond donors (Lipinski definition) is 1. The number of carbonyl (C=O) groups excluding carboxylic acids is 1. The number of para-hydroxylation sites is 1. The Labute approximate surface area is 174 Å². The smallest absolute Gasteiger partial charge is 0.317 e. The second-order valence-corrected chi connectivity index (χ2v) is 8.37. The second-order valence-electron chi connectivity index (χ2n) is 8.37. The summed E-state index contributed by atoms with van der Waals surface area (Å²) in [4.78, 5) is 19.4. The van der Waals surface area contributed by atoms with E-state index in [1.807, 2.05) is 4.90 Å². The molecule has 2 fully saturated rings. The Morgan fingerprint density at radius 3 is 2.55 bits per heavy atom. The van der Waals surface area contributed by atoms with Crippen LogP contribution >= 0.6 is 0 Å². The summed E-state index contributed by atoms with van der Waals surface area (Å²) in [5.74, 6) is 0.529. The van der Waals surface area contributed by atoms with Crippen molar-refractivity contribution in [2.75, 3.05) is 50.7 Å². The lowest BCUT2D eigenvalue weighted by molar-refractivity contribution is 0.134. The van der Waals surface area contributed by atoms with Crippen molar-refractivity contribution in [2.24, 2.45) is 5.92 Å². The van der Waals surface area contributed by atoms with E-state index < -0.39 is 0 Å².